The first-order valence-electron chi connectivity index (χ1n) is 5.17. The number of ether oxygens (including phenoxy) is 1. The maximum Gasteiger partial charge on any atom is 0.490 e. The first kappa shape index (κ1) is 15.7. The zero-order valence-electron chi connectivity index (χ0n) is 10.2. The molecule has 0 rings (SSSR count). The van der Waals surface area contributed by atoms with Crippen molar-refractivity contribution in [2.45, 2.75) is 33.4 Å². The van der Waals surface area contributed by atoms with Crippen LogP contribution in [0.15, 0.2) is 23.8 Å². The predicted molar refractivity (Wildman–Crippen MR) is 59.4 cm³/mol. The third kappa shape index (κ3) is 6.81. The molecule has 0 aromatic rings. The maximum atomic E-state index is 11.9. The van der Waals surface area contributed by atoms with Gasteiger partial charge in [-0.3, -0.25) is 0 Å². The van der Waals surface area contributed by atoms with Crippen LogP contribution >= 0.6 is 0 Å². The highest BCUT2D eigenvalue weighted by Gasteiger charge is 2.41. The Balaban J connectivity index is 4.34. The average molecular weight is 250 g/mol. The second kappa shape index (κ2) is 6.47. The van der Waals surface area contributed by atoms with Crippen LogP contribution in [-0.2, 0) is 9.53 Å². The van der Waals surface area contributed by atoms with Crippen molar-refractivity contribution in [2.75, 3.05) is 6.61 Å². The minimum Gasteiger partial charge on any atom is -0.458 e. The molecular formula is C12H17F3O2. The monoisotopic (exact) mass is 250 g/mol. The Morgan fingerprint density at radius 3 is 2.24 bits per heavy atom. The van der Waals surface area contributed by atoms with Gasteiger partial charge in [-0.2, -0.15) is 13.2 Å². The van der Waals surface area contributed by atoms with E-state index >= 15 is 0 Å². The highest BCUT2D eigenvalue weighted by atomic mass is 19.4. The summed E-state index contributed by atoms with van der Waals surface area (Å²) in [5.74, 6) is -2.43. The molecule has 98 valence electrons. The molecule has 0 amide bonds. The molecule has 17 heavy (non-hydrogen) atoms. The molecule has 0 aromatic heterocycles. The van der Waals surface area contributed by atoms with Crippen LogP contribution in [0.2, 0.25) is 0 Å². The topological polar surface area (TPSA) is 26.3 Å². The van der Waals surface area contributed by atoms with Gasteiger partial charge in [0.25, 0.3) is 0 Å². The number of allylic oxidation sites excluding steroid dienone is 2. The van der Waals surface area contributed by atoms with E-state index in [4.69, 9.17) is 0 Å². The Morgan fingerprint density at radius 1 is 1.35 bits per heavy atom. The van der Waals surface area contributed by atoms with Gasteiger partial charge in [-0.05, 0) is 27.2 Å². The molecule has 0 aliphatic carbocycles. The molecule has 0 aromatic carbocycles. The summed E-state index contributed by atoms with van der Waals surface area (Å²) >= 11 is 0. The predicted octanol–water partition coefficient (Wildman–Crippen LogP) is 3.64. The Hall–Kier alpha value is -1.26. The van der Waals surface area contributed by atoms with Crippen molar-refractivity contribution >= 4 is 5.97 Å². The molecule has 0 bridgehead atoms. The van der Waals surface area contributed by atoms with E-state index in [9.17, 15) is 18.0 Å². The summed E-state index contributed by atoms with van der Waals surface area (Å²) in [6, 6.07) is 0. The first-order chi connectivity index (χ1) is 7.64. The van der Waals surface area contributed by atoms with Gasteiger partial charge in [0.2, 0.25) is 0 Å². The van der Waals surface area contributed by atoms with Gasteiger partial charge in [-0.25, -0.2) is 4.79 Å². The summed E-state index contributed by atoms with van der Waals surface area (Å²) in [5.41, 5.74) is 1.75. The van der Waals surface area contributed by atoms with Crippen LogP contribution in [0.5, 0.6) is 0 Å². The number of rotatable bonds is 5. The summed E-state index contributed by atoms with van der Waals surface area (Å²) in [5, 5.41) is 0. The Bertz CT molecular complexity index is 312. The van der Waals surface area contributed by atoms with E-state index in [0.29, 0.717) is 12.0 Å². The minimum atomic E-state index is -4.93. The average Bonchev–Trinajstić information content (AvgIpc) is 2.14. The zero-order chi connectivity index (χ0) is 13.6. The Kier molecular flexibility index (Phi) is 5.99. The molecule has 1 atom stereocenters. The van der Waals surface area contributed by atoms with E-state index in [-0.39, 0.29) is 12.5 Å². The number of carbonyl (C=O) groups is 1. The molecule has 0 saturated heterocycles. The van der Waals surface area contributed by atoms with Gasteiger partial charge in [0.1, 0.15) is 0 Å². The molecular weight excluding hydrogens is 233 g/mol. The van der Waals surface area contributed by atoms with E-state index in [0.717, 1.165) is 5.57 Å². The van der Waals surface area contributed by atoms with E-state index in [1.54, 1.807) is 6.92 Å². The molecule has 0 aliphatic rings. The number of alkyl halides is 3. The SMILES string of the molecule is C=C(C)C(CC=C(C)C)COC(=O)C(F)(F)F. The summed E-state index contributed by atoms with van der Waals surface area (Å²) < 4.78 is 39.9. The van der Waals surface area contributed by atoms with E-state index in [1.807, 2.05) is 19.9 Å². The van der Waals surface area contributed by atoms with Gasteiger partial charge >= 0.3 is 12.1 Å². The fraction of sp³-hybridized carbons (Fsp3) is 0.583. The lowest BCUT2D eigenvalue weighted by Crippen LogP contribution is -2.27. The molecule has 0 spiro atoms. The molecule has 0 radical (unpaired) electrons. The van der Waals surface area contributed by atoms with Crippen molar-refractivity contribution in [3.63, 3.8) is 0 Å². The van der Waals surface area contributed by atoms with E-state index in [2.05, 4.69) is 11.3 Å². The standard InChI is InChI=1S/C12H17F3O2/c1-8(2)5-6-10(9(3)4)7-17-11(16)12(13,14)15/h5,10H,3,6-7H2,1-2,4H3. The number of hydrogen-bond acceptors (Lipinski definition) is 2. The summed E-state index contributed by atoms with van der Waals surface area (Å²) in [4.78, 5) is 10.5. The lowest BCUT2D eigenvalue weighted by atomic mass is 9.98. The van der Waals surface area contributed by atoms with Crippen molar-refractivity contribution in [3.8, 4) is 0 Å². The zero-order valence-corrected chi connectivity index (χ0v) is 10.2. The minimum absolute atomic E-state index is 0.281. The quantitative estimate of drug-likeness (QED) is 0.550. The molecule has 1 unspecified atom stereocenters. The number of carbonyl (C=O) groups excluding carboxylic acids is 1. The van der Waals surface area contributed by atoms with Crippen LogP contribution in [0.4, 0.5) is 13.2 Å². The molecule has 0 aliphatic heterocycles. The Labute approximate surface area is 99.1 Å². The van der Waals surface area contributed by atoms with Crippen LogP contribution in [0.3, 0.4) is 0 Å². The molecule has 5 heteroatoms. The molecule has 0 saturated carbocycles. The third-order valence-corrected chi connectivity index (χ3v) is 2.15. The normalized spacial score (nSPS) is 12.8. The van der Waals surface area contributed by atoms with Crippen LogP contribution in [0.1, 0.15) is 27.2 Å². The van der Waals surface area contributed by atoms with Crippen LogP contribution in [-0.4, -0.2) is 18.8 Å². The summed E-state index contributed by atoms with van der Waals surface area (Å²) in [6.45, 7) is 8.85. The van der Waals surface area contributed by atoms with Gasteiger partial charge in [-0.1, -0.05) is 23.8 Å². The van der Waals surface area contributed by atoms with Crippen molar-refractivity contribution in [2.24, 2.45) is 5.92 Å². The molecule has 2 nitrogen and oxygen atoms in total. The van der Waals surface area contributed by atoms with Gasteiger partial charge < -0.3 is 4.74 Å². The largest absolute Gasteiger partial charge is 0.490 e. The van der Waals surface area contributed by atoms with Crippen molar-refractivity contribution < 1.29 is 22.7 Å². The summed E-state index contributed by atoms with van der Waals surface area (Å²) in [6.07, 6.45) is -2.54. The van der Waals surface area contributed by atoms with Crippen LogP contribution in [0, 0.1) is 5.92 Å². The molecule has 0 N–H and O–H groups in total. The van der Waals surface area contributed by atoms with Crippen LogP contribution in [0.25, 0.3) is 0 Å². The summed E-state index contributed by atoms with van der Waals surface area (Å²) in [7, 11) is 0. The smallest absolute Gasteiger partial charge is 0.458 e. The van der Waals surface area contributed by atoms with Gasteiger partial charge in [0.05, 0.1) is 6.61 Å². The third-order valence-electron chi connectivity index (χ3n) is 2.15. The van der Waals surface area contributed by atoms with Gasteiger partial charge in [0, 0.05) is 5.92 Å². The molecule has 0 heterocycles. The molecule has 0 fully saturated rings. The van der Waals surface area contributed by atoms with Crippen molar-refractivity contribution in [1.29, 1.82) is 0 Å². The van der Waals surface area contributed by atoms with Gasteiger partial charge in [-0.15, -0.1) is 0 Å². The lowest BCUT2D eigenvalue weighted by molar-refractivity contribution is -0.200. The van der Waals surface area contributed by atoms with Crippen LogP contribution < -0.4 is 0 Å². The maximum absolute atomic E-state index is 11.9. The number of halogens is 3. The second-order valence-corrected chi connectivity index (χ2v) is 4.16. The highest BCUT2D eigenvalue weighted by molar-refractivity contribution is 5.75. The fourth-order valence-electron chi connectivity index (χ4n) is 1.05. The number of esters is 1. The van der Waals surface area contributed by atoms with Crippen molar-refractivity contribution in [3.05, 3.63) is 23.8 Å². The second-order valence-electron chi connectivity index (χ2n) is 4.16. The lowest BCUT2D eigenvalue weighted by Gasteiger charge is -2.16. The highest BCUT2D eigenvalue weighted by Crippen LogP contribution is 2.20. The van der Waals surface area contributed by atoms with E-state index in [1.165, 1.54) is 0 Å². The number of hydrogen-bond donors (Lipinski definition) is 0. The fourth-order valence-corrected chi connectivity index (χ4v) is 1.05. The Morgan fingerprint density at radius 2 is 1.88 bits per heavy atom. The van der Waals surface area contributed by atoms with Gasteiger partial charge in [0.15, 0.2) is 0 Å². The first-order valence-corrected chi connectivity index (χ1v) is 5.17. The van der Waals surface area contributed by atoms with E-state index < -0.39 is 12.1 Å². The van der Waals surface area contributed by atoms with Crippen molar-refractivity contribution in [1.82, 2.24) is 0 Å².